The van der Waals surface area contributed by atoms with Crippen molar-refractivity contribution in [3.05, 3.63) is 69.7 Å². The first-order valence-electron chi connectivity index (χ1n) is 7.41. The maximum absolute atomic E-state index is 13.8. The Balaban J connectivity index is 2.00. The molecule has 1 aromatic heterocycles. The molecular weight excluding hydrogens is 364 g/mol. The van der Waals surface area contributed by atoms with E-state index >= 15 is 0 Å². The second kappa shape index (κ2) is 6.86. The zero-order chi connectivity index (χ0) is 18.1. The zero-order valence-corrected chi connectivity index (χ0v) is 15.0. The fourth-order valence-corrected chi connectivity index (χ4v) is 2.84. The third-order valence-electron chi connectivity index (χ3n) is 3.72. The van der Waals surface area contributed by atoms with E-state index in [0.29, 0.717) is 38.1 Å². The third-order valence-corrected chi connectivity index (χ3v) is 4.46. The Hall–Kier alpha value is -2.37. The number of anilines is 1. The molecule has 0 saturated carbocycles. The maximum atomic E-state index is 13.8. The largest absolute Gasteiger partial charge is 0.321 e. The molecule has 1 heterocycles. The minimum absolute atomic E-state index is 0.321. The highest BCUT2D eigenvalue weighted by atomic mass is 35.5. The van der Waals surface area contributed by atoms with Gasteiger partial charge >= 0.3 is 0 Å². The summed E-state index contributed by atoms with van der Waals surface area (Å²) >= 11 is 12.0. The van der Waals surface area contributed by atoms with E-state index < -0.39 is 5.82 Å². The van der Waals surface area contributed by atoms with Gasteiger partial charge in [-0.1, -0.05) is 29.3 Å². The smallest absolute Gasteiger partial charge is 0.259 e. The van der Waals surface area contributed by atoms with Crippen molar-refractivity contribution in [2.24, 2.45) is 7.05 Å². The highest BCUT2D eigenvalue weighted by molar-refractivity contribution is 6.42. The van der Waals surface area contributed by atoms with E-state index in [0.717, 1.165) is 0 Å². The van der Waals surface area contributed by atoms with E-state index in [9.17, 15) is 9.18 Å². The topological polar surface area (TPSA) is 46.9 Å². The number of carbonyl (C=O) groups is 1. The van der Waals surface area contributed by atoms with Crippen molar-refractivity contribution >= 4 is 34.8 Å². The number of hydrogen-bond donors (Lipinski definition) is 1. The fourth-order valence-electron chi connectivity index (χ4n) is 2.54. The van der Waals surface area contributed by atoms with E-state index in [4.69, 9.17) is 23.2 Å². The van der Waals surface area contributed by atoms with Crippen LogP contribution in [0.25, 0.3) is 11.1 Å². The van der Waals surface area contributed by atoms with Gasteiger partial charge in [0.1, 0.15) is 5.82 Å². The highest BCUT2D eigenvalue weighted by Gasteiger charge is 2.16. The lowest BCUT2D eigenvalue weighted by molar-refractivity contribution is 0.102. The molecule has 0 unspecified atom stereocenters. The quantitative estimate of drug-likeness (QED) is 0.690. The average molecular weight is 378 g/mol. The Morgan fingerprint density at radius 3 is 2.56 bits per heavy atom. The minimum Gasteiger partial charge on any atom is -0.321 e. The predicted molar refractivity (Wildman–Crippen MR) is 97.8 cm³/mol. The molecule has 3 rings (SSSR count). The van der Waals surface area contributed by atoms with Gasteiger partial charge in [-0.2, -0.15) is 5.10 Å². The lowest BCUT2D eigenvalue weighted by Crippen LogP contribution is -2.13. The summed E-state index contributed by atoms with van der Waals surface area (Å²) in [5.74, 6) is -0.741. The number of carbonyl (C=O) groups excluding carboxylic acids is 1. The summed E-state index contributed by atoms with van der Waals surface area (Å²) in [5.41, 5.74) is 2.68. The third kappa shape index (κ3) is 3.67. The van der Waals surface area contributed by atoms with Crippen LogP contribution in [0.5, 0.6) is 0 Å². The molecular formula is C18H14Cl2FN3O. The van der Waals surface area contributed by atoms with Crippen LogP contribution in [0.1, 0.15) is 16.1 Å². The van der Waals surface area contributed by atoms with Crippen molar-refractivity contribution in [2.75, 3.05) is 5.32 Å². The molecule has 0 aliphatic rings. The van der Waals surface area contributed by atoms with E-state index in [1.807, 2.05) is 0 Å². The van der Waals surface area contributed by atoms with E-state index in [1.54, 1.807) is 43.0 Å². The number of amides is 1. The number of hydrogen-bond acceptors (Lipinski definition) is 2. The summed E-state index contributed by atoms with van der Waals surface area (Å²) in [4.78, 5) is 12.5. The number of aromatic nitrogens is 2. The molecule has 2 aromatic carbocycles. The second-order valence-electron chi connectivity index (χ2n) is 5.57. The lowest BCUT2D eigenvalue weighted by Gasteiger charge is -2.12. The molecule has 0 bridgehead atoms. The van der Waals surface area contributed by atoms with Gasteiger partial charge in [0.15, 0.2) is 0 Å². The number of halogens is 3. The van der Waals surface area contributed by atoms with Gasteiger partial charge in [-0.3, -0.25) is 9.48 Å². The van der Waals surface area contributed by atoms with Crippen molar-refractivity contribution in [3.8, 4) is 11.1 Å². The molecule has 0 aliphatic carbocycles. The van der Waals surface area contributed by atoms with Crippen LogP contribution in [0.4, 0.5) is 10.1 Å². The Morgan fingerprint density at radius 2 is 1.92 bits per heavy atom. The minimum atomic E-state index is -0.420. The standard InChI is InChI=1S/C18H14Cl2FN3O/c1-10-14(9-24(2)23-10)18(25)22-17-6-4-12(21)8-13(17)11-3-5-15(19)16(20)7-11/h3-9H,1-2H3,(H,22,25). The molecule has 1 N–H and O–H groups in total. The lowest BCUT2D eigenvalue weighted by atomic mass is 10.0. The SMILES string of the molecule is Cc1nn(C)cc1C(=O)Nc1ccc(F)cc1-c1ccc(Cl)c(Cl)c1. The molecule has 1 amide bonds. The van der Waals surface area contributed by atoms with Crippen LogP contribution in [0, 0.1) is 12.7 Å². The van der Waals surface area contributed by atoms with Crippen LogP contribution >= 0.6 is 23.2 Å². The molecule has 0 saturated heterocycles. The molecule has 0 radical (unpaired) electrons. The van der Waals surface area contributed by atoms with Gasteiger partial charge in [-0.05, 0) is 42.8 Å². The van der Waals surface area contributed by atoms with Crippen LogP contribution in [-0.4, -0.2) is 15.7 Å². The fraction of sp³-hybridized carbons (Fsp3) is 0.111. The van der Waals surface area contributed by atoms with Gasteiger partial charge in [0.2, 0.25) is 0 Å². The van der Waals surface area contributed by atoms with Gasteiger partial charge in [-0.15, -0.1) is 0 Å². The van der Waals surface area contributed by atoms with E-state index in [1.165, 1.54) is 18.2 Å². The summed E-state index contributed by atoms with van der Waals surface area (Å²) in [5, 5.41) is 7.71. The van der Waals surface area contributed by atoms with Gasteiger partial charge in [0, 0.05) is 24.5 Å². The molecule has 25 heavy (non-hydrogen) atoms. The first-order valence-corrected chi connectivity index (χ1v) is 8.17. The second-order valence-corrected chi connectivity index (χ2v) is 6.39. The number of nitrogens with one attached hydrogen (secondary N) is 1. The number of aryl methyl sites for hydroxylation is 2. The van der Waals surface area contributed by atoms with Crippen LogP contribution in [0.2, 0.25) is 10.0 Å². The normalized spacial score (nSPS) is 10.8. The summed E-state index contributed by atoms with van der Waals surface area (Å²) < 4.78 is 15.3. The molecule has 7 heteroatoms. The Kier molecular flexibility index (Phi) is 4.79. The maximum Gasteiger partial charge on any atom is 0.259 e. The van der Waals surface area contributed by atoms with E-state index in [2.05, 4.69) is 10.4 Å². The van der Waals surface area contributed by atoms with Crippen molar-refractivity contribution < 1.29 is 9.18 Å². The van der Waals surface area contributed by atoms with Gasteiger partial charge in [-0.25, -0.2) is 4.39 Å². The Morgan fingerprint density at radius 1 is 1.16 bits per heavy atom. The molecule has 0 aliphatic heterocycles. The summed E-state index contributed by atoms with van der Waals surface area (Å²) in [7, 11) is 1.74. The van der Waals surface area contributed by atoms with Crippen molar-refractivity contribution in [1.82, 2.24) is 9.78 Å². The number of benzene rings is 2. The predicted octanol–water partition coefficient (Wildman–Crippen LogP) is 5.09. The number of nitrogens with zero attached hydrogens (tertiary/aromatic N) is 2. The van der Waals surface area contributed by atoms with Gasteiger partial charge in [0.05, 0.1) is 21.3 Å². The van der Waals surface area contributed by atoms with Crippen molar-refractivity contribution in [3.63, 3.8) is 0 Å². The zero-order valence-electron chi connectivity index (χ0n) is 13.5. The van der Waals surface area contributed by atoms with Gasteiger partial charge in [0.25, 0.3) is 5.91 Å². The average Bonchev–Trinajstić information content (AvgIpc) is 2.90. The van der Waals surface area contributed by atoms with Crippen molar-refractivity contribution in [2.45, 2.75) is 6.92 Å². The molecule has 0 atom stereocenters. The molecule has 128 valence electrons. The molecule has 0 spiro atoms. The summed E-state index contributed by atoms with van der Waals surface area (Å²) in [6.45, 7) is 1.75. The van der Waals surface area contributed by atoms with Crippen LogP contribution < -0.4 is 5.32 Å². The molecule has 0 fully saturated rings. The summed E-state index contributed by atoms with van der Waals surface area (Å²) in [6, 6.07) is 9.10. The monoisotopic (exact) mass is 377 g/mol. The summed E-state index contributed by atoms with van der Waals surface area (Å²) in [6.07, 6.45) is 1.63. The van der Waals surface area contributed by atoms with E-state index in [-0.39, 0.29) is 5.91 Å². The first kappa shape index (κ1) is 17.5. The Labute approximate surface area is 154 Å². The highest BCUT2D eigenvalue weighted by Crippen LogP contribution is 2.33. The van der Waals surface area contributed by atoms with Crippen LogP contribution in [0.15, 0.2) is 42.6 Å². The number of rotatable bonds is 3. The van der Waals surface area contributed by atoms with Crippen LogP contribution in [0.3, 0.4) is 0 Å². The van der Waals surface area contributed by atoms with Crippen LogP contribution in [-0.2, 0) is 7.05 Å². The van der Waals surface area contributed by atoms with Gasteiger partial charge < -0.3 is 5.32 Å². The van der Waals surface area contributed by atoms with Crippen molar-refractivity contribution in [1.29, 1.82) is 0 Å². The Bertz CT molecular complexity index is 969. The molecule has 4 nitrogen and oxygen atoms in total. The first-order chi connectivity index (χ1) is 11.8. The molecule has 3 aromatic rings.